The van der Waals surface area contributed by atoms with Gasteiger partial charge >= 0.3 is 0 Å². The molecule has 1 aromatic heterocycles. The fourth-order valence-corrected chi connectivity index (χ4v) is 2.37. The predicted molar refractivity (Wildman–Crippen MR) is 72.1 cm³/mol. The first kappa shape index (κ1) is 10.9. The Morgan fingerprint density at radius 3 is 2.78 bits per heavy atom. The minimum atomic E-state index is 0.674. The third-order valence-electron chi connectivity index (χ3n) is 3.09. The van der Waals surface area contributed by atoms with Gasteiger partial charge in [-0.25, -0.2) is 0 Å². The molecule has 2 heterocycles. The van der Waals surface area contributed by atoms with Crippen molar-refractivity contribution in [3.63, 3.8) is 0 Å². The summed E-state index contributed by atoms with van der Waals surface area (Å²) in [4.78, 5) is 4.41. The number of nitrogens with zero attached hydrogens (tertiary/aromatic N) is 1. The zero-order chi connectivity index (χ0) is 12.7. The van der Waals surface area contributed by atoms with Gasteiger partial charge < -0.3 is 14.8 Å². The van der Waals surface area contributed by atoms with Crippen LogP contribution in [0.1, 0.15) is 12.5 Å². The highest BCUT2D eigenvalue weighted by atomic mass is 16.5. The molecule has 0 bridgehead atoms. The first-order valence-corrected chi connectivity index (χ1v) is 5.73. The Balaban J connectivity index is 2.45. The molecule has 1 aliphatic rings. The number of nitrogens with one attached hydrogen (secondary N) is 1. The van der Waals surface area contributed by atoms with Crippen LogP contribution in [0.4, 0.5) is 5.69 Å². The fourth-order valence-electron chi connectivity index (χ4n) is 2.37. The third kappa shape index (κ3) is 1.42. The molecule has 3 rings (SSSR count). The van der Waals surface area contributed by atoms with E-state index in [0.29, 0.717) is 11.5 Å². The van der Waals surface area contributed by atoms with Gasteiger partial charge in [0.25, 0.3) is 0 Å². The predicted octanol–water partition coefficient (Wildman–Crippen LogP) is 3.04. The van der Waals surface area contributed by atoms with Crippen LogP contribution in [0.5, 0.6) is 11.5 Å². The van der Waals surface area contributed by atoms with Crippen LogP contribution in [0.3, 0.4) is 0 Å². The van der Waals surface area contributed by atoms with Crippen molar-refractivity contribution in [3.05, 3.63) is 29.6 Å². The van der Waals surface area contributed by atoms with Crippen LogP contribution in [0.15, 0.2) is 24.0 Å². The van der Waals surface area contributed by atoms with Crippen LogP contribution in [-0.2, 0) is 0 Å². The summed E-state index contributed by atoms with van der Waals surface area (Å²) in [5.41, 5.74) is 4.07. The van der Waals surface area contributed by atoms with Crippen molar-refractivity contribution < 1.29 is 9.47 Å². The van der Waals surface area contributed by atoms with E-state index in [1.165, 1.54) is 0 Å². The molecule has 0 saturated carbocycles. The van der Waals surface area contributed by atoms with Crippen molar-refractivity contribution in [1.29, 1.82) is 0 Å². The van der Waals surface area contributed by atoms with Gasteiger partial charge in [0.15, 0.2) is 11.5 Å². The molecular formula is C14H14N2O2. The largest absolute Gasteiger partial charge is 0.493 e. The number of methoxy groups -OCH3 is 2. The Kier molecular flexibility index (Phi) is 2.37. The van der Waals surface area contributed by atoms with Crippen LogP contribution in [-0.4, -0.2) is 19.2 Å². The number of rotatable bonds is 2. The summed E-state index contributed by atoms with van der Waals surface area (Å²) < 4.78 is 10.8. The van der Waals surface area contributed by atoms with Crippen molar-refractivity contribution in [2.75, 3.05) is 19.5 Å². The number of pyridine rings is 1. The van der Waals surface area contributed by atoms with Crippen molar-refractivity contribution in [1.82, 2.24) is 4.98 Å². The zero-order valence-corrected chi connectivity index (χ0v) is 10.6. The molecule has 0 unspecified atom stereocenters. The molecule has 1 aliphatic heterocycles. The third-order valence-corrected chi connectivity index (χ3v) is 3.09. The summed E-state index contributed by atoms with van der Waals surface area (Å²) in [5, 5.41) is 4.41. The summed E-state index contributed by atoms with van der Waals surface area (Å²) in [7, 11) is 3.27. The van der Waals surface area contributed by atoms with E-state index in [4.69, 9.17) is 9.47 Å². The normalized spacial score (nSPS) is 12.9. The molecule has 0 spiro atoms. The molecule has 92 valence electrons. The molecule has 0 aliphatic carbocycles. The van der Waals surface area contributed by atoms with Crippen molar-refractivity contribution >= 4 is 22.7 Å². The van der Waals surface area contributed by atoms with Crippen LogP contribution >= 0.6 is 0 Å². The first-order chi connectivity index (χ1) is 8.74. The summed E-state index contributed by atoms with van der Waals surface area (Å²) in [6.07, 6.45) is 3.86. The van der Waals surface area contributed by atoms with Crippen molar-refractivity contribution in [3.8, 4) is 11.5 Å². The van der Waals surface area contributed by atoms with Gasteiger partial charge in [0, 0.05) is 23.0 Å². The summed E-state index contributed by atoms with van der Waals surface area (Å²) in [5.74, 6) is 1.38. The Bertz CT molecular complexity index is 662. The van der Waals surface area contributed by atoms with Crippen molar-refractivity contribution in [2.45, 2.75) is 6.92 Å². The number of ether oxygens (including phenoxy) is 2. The van der Waals surface area contributed by atoms with Gasteiger partial charge in [0.1, 0.15) is 5.52 Å². The first-order valence-electron chi connectivity index (χ1n) is 5.73. The van der Waals surface area contributed by atoms with Crippen LogP contribution in [0, 0.1) is 0 Å². The number of benzene rings is 1. The summed E-state index contributed by atoms with van der Waals surface area (Å²) in [6, 6.07) is 3.95. The number of allylic oxidation sites excluding steroid dienone is 1. The highest BCUT2D eigenvalue weighted by Crippen LogP contribution is 2.42. The zero-order valence-electron chi connectivity index (χ0n) is 10.6. The Labute approximate surface area is 105 Å². The average molecular weight is 242 g/mol. The van der Waals surface area contributed by atoms with E-state index in [2.05, 4.69) is 16.4 Å². The van der Waals surface area contributed by atoms with E-state index < -0.39 is 0 Å². The average Bonchev–Trinajstić information content (AvgIpc) is 2.38. The molecule has 0 atom stereocenters. The Hall–Kier alpha value is -2.23. The molecule has 2 aromatic rings. The second-order valence-corrected chi connectivity index (χ2v) is 4.24. The lowest BCUT2D eigenvalue weighted by Crippen LogP contribution is -2.04. The second-order valence-electron chi connectivity index (χ2n) is 4.24. The standard InChI is InChI=1S/C14H14N2O2/c1-8-6-9-7-11(17-2)14(18-3)13-12(9)10(16-8)4-5-15-13/h4-7,16H,1-3H3. The van der Waals surface area contributed by atoms with E-state index in [9.17, 15) is 0 Å². The van der Waals surface area contributed by atoms with Crippen molar-refractivity contribution in [2.24, 2.45) is 0 Å². The van der Waals surface area contributed by atoms with Crippen LogP contribution in [0.2, 0.25) is 0 Å². The van der Waals surface area contributed by atoms with Crippen LogP contribution < -0.4 is 14.8 Å². The number of aromatic nitrogens is 1. The maximum atomic E-state index is 5.42. The van der Waals surface area contributed by atoms with E-state index in [1.807, 2.05) is 19.1 Å². The number of hydrogen-bond donors (Lipinski definition) is 1. The molecule has 1 N–H and O–H groups in total. The van der Waals surface area contributed by atoms with Gasteiger partial charge in [-0.1, -0.05) is 0 Å². The second kappa shape index (κ2) is 3.91. The maximum absolute atomic E-state index is 5.42. The molecule has 18 heavy (non-hydrogen) atoms. The summed E-state index contributed by atoms with van der Waals surface area (Å²) >= 11 is 0. The van der Waals surface area contributed by atoms with E-state index in [0.717, 1.165) is 27.9 Å². The molecule has 0 amide bonds. The van der Waals surface area contributed by atoms with E-state index in [1.54, 1.807) is 20.4 Å². The lowest BCUT2D eigenvalue weighted by atomic mass is 10.0. The SMILES string of the molecule is COc1cc2c3c(ccnc3c1OC)NC(C)=C2. The van der Waals surface area contributed by atoms with Gasteiger partial charge in [-0.05, 0) is 30.7 Å². The minimum Gasteiger partial charge on any atom is -0.493 e. The highest BCUT2D eigenvalue weighted by Gasteiger charge is 2.18. The molecular weight excluding hydrogens is 228 g/mol. The van der Waals surface area contributed by atoms with Gasteiger partial charge in [-0.3, -0.25) is 4.98 Å². The monoisotopic (exact) mass is 242 g/mol. The van der Waals surface area contributed by atoms with Gasteiger partial charge in [0.05, 0.1) is 14.2 Å². The smallest absolute Gasteiger partial charge is 0.187 e. The molecule has 4 nitrogen and oxygen atoms in total. The lowest BCUT2D eigenvalue weighted by Gasteiger charge is -2.20. The summed E-state index contributed by atoms with van der Waals surface area (Å²) in [6.45, 7) is 2.03. The van der Waals surface area contributed by atoms with Gasteiger partial charge in [0.2, 0.25) is 0 Å². The molecule has 0 radical (unpaired) electrons. The Morgan fingerprint density at radius 1 is 1.22 bits per heavy atom. The lowest BCUT2D eigenvalue weighted by molar-refractivity contribution is 0.358. The maximum Gasteiger partial charge on any atom is 0.187 e. The van der Waals surface area contributed by atoms with E-state index in [-0.39, 0.29) is 0 Å². The topological polar surface area (TPSA) is 43.4 Å². The molecule has 4 heteroatoms. The van der Waals surface area contributed by atoms with Gasteiger partial charge in [-0.2, -0.15) is 0 Å². The van der Waals surface area contributed by atoms with Crippen LogP contribution in [0.25, 0.3) is 17.0 Å². The quantitative estimate of drug-likeness (QED) is 0.879. The number of anilines is 1. The molecule has 0 fully saturated rings. The minimum absolute atomic E-state index is 0.674. The highest BCUT2D eigenvalue weighted by molar-refractivity contribution is 6.04. The van der Waals surface area contributed by atoms with Gasteiger partial charge in [-0.15, -0.1) is 0 Å². The Morgan fingerprint density at radius 2 is 2.06 bits per heavy atom. The molecule has 0 saturated heterocycles. The molecule has 1 aromatic carbocycles. The number of hydrogen-bond acceptors (Lipinski definition) is 4. The fraction of sp³-hybridized carbons (Fsp3) is 0.214. The van der Waals surface area contributed by atoms with E-state index >= 15 is 0 Å².